The van der Waals surface area contributed by atoms with E-state index in [1.54, 1.807) is 18.2 Å². The van der Waals surface area contributed by atoms with Crippen molar-refractivity contribution in [3.8, 4) is 0 Å². The average Bonchev–Trinajstić information content (AvgIpc) is 2.54. The molecule has 0 saturated heterocycles. The first kappa shape index (κ1) is 18.8. The van der Waals surface area contributed by atoms with Crippen molar-refractivity contribution in [2.75, 3.05) is 16.4 Å². The number of hydrogen-bond acceptors (Lipinski definition) is 4. The Morgan fingerprint density at radius 2 is 1.80 bits per heavy atom. The normalized spacial score (nSPS) is 10.2. The summed E-state index contributed by atoms with van der Waals surface area (Å²) in [6.45, 7) is 1.42. The lowest BCUT2D eigenvalue weighted by Gasteiger charge is -2.08. The number of amides is 2. The highest BCUT2D eigenvalue weighted by Crippen LogP contribution is 2.23. The minimum Gasteiger partial charge on any atom is -0.478 e. The van der Waals surface area contributed by atoms with Gasteiger partial charge in [-0.05, 0) is 36.4 Å². The van der Waals surface area contributed by atoms with Crippen molar-refractivity contribution < 1.29 is 19.5 Å². The maximum Gasteiger partial charge on any atom is 0.337 e. The Balaban J connectivity index is 1.96. The minimum atomic E-state index is -1.16. The number of carbonyl (C=O) groups is 3. The molecule has 0 radical (unpaired) electrons. The SMILES string of the molecule is CC(=O)Nc1cccc(SCC(=O)Nc2ccc(Cl)c(C(=O)O)c2)c1. The van der Waals surface area contributed by atoms with E-state index in [1.165, 1.54) is 36.9 Å². The number of benzene rings is 2. The molecular formula is C17H15ClN2O4S. The molecule has 2 aromatic carbocycles. The first-order chi connectivity index (χ1) is 11.8. The van der Waals surface area contributed by atoms with Crippen molar-refractivity contribution in [2.45, 2.75) is 11.8 Å². The number of anilines is 2. The molecule has 2 amide bonds. The summed E-state index contributed by atoms with van der Waals surface area (Å²) in [5.41, 5.74) is 0.941. The van der Waals surface area contributed by atoms with Crippen LogP contribution in [0, 0.1) is 0 Å². The summed E-state index contributed by atoms with van der Waals surface area (Å²) in [5.74, 6) is -1.48. The lowest BCUT2D eigenvalue weighted by Crippen LogP contribution is -2.14. The molecule has 0 fully saturated rings. The second kappa shape index (κ2) is 8.55. The van der Waals surface area contributed by atoms with Crippen LogP contribution in [0.3, 0.4) is 0 Å². The van der Waals surface area contributed by atoms with Gasteiger partial charge in [0.1, 0.15) is 0 Å². The molecule has 0 heterocycles. The molecule has 3 N–H and O–H groups in total. The molecule has 6 nitrogen and oxygen atoms in total. The molecule has 0 unspecified atom stereocenters. The van der Waals surface area contributed by atoms with E-state index in [2.05, 4.69) is 10.6 Å². The van der Waals surface area contributed by atoms with Crippen molar-refractivity contribution in [1.29, 1.82) is 0 Å². The van der Waals surface area contributed by atoms with Gasteiger partial charge in [-0.15, -0.1) is 11.8 Å². The quantitative estimate of drug-likeness (QED) is 0.666. The van der Waals surface area contributed by atoms with E-state index in [0.717, 1.165) is 4.90 Å². The minimum absolute atomic E-state index is 0.0740. The summed E-state index contributed by atoms with van der Waals surface area (Å²) in [4.78, 5) is 35.0. The zero-order valence-corrected chi connectivity index (χ0v) is 14.8. The van der Waals surface area contributed by atoms with E-state index in [9.17, 15) is 14.4 Å². The van der Waals surface area contributed by atoms with Gasteiger partial charge in [0.2, 0.25) is 11.8 Å². The maximum atomic E-state index is 12.0. The second-order valence-corrected chi connectivity index (χ2v) is 6.50. The largest absolute Gasteiger partial charge is 0.478 e. The van der Waals surface area contributed by atoms with Gasteiger partial charge in [0.15, 0.2) is 0 Å². The van der Waals surface area contributed by atoms with Crippen LogP contribution >= 0.6 is 23.4 Å². The first-order valence-corrected chi connectivity index (χ1v) is 8.54. The number of carboxylic acids is 1. The number of halogens is 1. The number of aromatic carboxylic acids is 1. The molecule has 25 heavy (non-hydrogen) atoms. The maximum absolute atomic E-state index is 12.0. The van der Waals surface area contributed by atoms with Crippen LogP contribution in [-0.4, -0.2) is 28.6 Å². The summed E-state index contributed by atoms with van der Waals surface area (Å²) in [6, 6.07) is 11.4. The molecule has 0 saturated carbocycles. The molecular weight excluding hydrogens is 364 g/mol. The zero-order valence-electron chi connectivity index (χ0n) is 13.2. The molecule has 0 bridgehead atoms. The summed E-state index contributed by atoms with van der Waals surface area (Å²) in [6.07, 6.45) is 0. The van der Waals surface area contributed by atoms with Gasteiger partial charge in [-0.2, -0.15) is 0 Å². The topological polar surface area (TPSA) is 95.5 Å². The van der Waals surface area contributed by atoms with Crippen LogP contribution in [0.1, 0.15) is 17.3 Å². The Hall–Kier alpha value is -2.51. The fourth-order valence-corrected chi connectivity index (χ4v) is 2.93. The molecule has 0 atom stereocenters. The molecule has 2 aromatic rings. The van der Waals surface area contributed by atoms with E-state index in [0.29, 0.717) is 11.4 Å². The summed E-state index contributed by atoms with van der Waals surface area (Å²) in [7, 11) is 0. The van der Waals surface area contributed by atoms with Gasteiger partial charge in [0.05, 0.1) is 16.3 Å². The molecule has 2 rings (SSSR count). The number of nitrogens with one attached hydrogen (secondary N) is 2. The van der Waals surface area contributed by atoms with Gasteiger partial charge in [0, 0.05) is 23.2 Å². The monoisotopic (exact) mass is 378 g/mol. The Morgan fingerprint density at radius 1 is 1.08 bits per heavy atom. The smallest absolute Gasteiger partial charge is 0.337 e. The third kappa shape index (κ3) is 5.81. The third-order valence-corrected chi connectivity index (χ3v) is 4.33. The fourth-order valence-electron chi connectivity index (χ4n) is 1.98. The number of carboxylic acid groups (broad SMARTS) is 1. The molecule has 0 aliphatic heterocycles. The zero-order chi connectivity index (χ0) is 18.4. The predicted octanol–water partition coefficient (Wildman–Crippen LogP) is 3.73. The Kier molecular flexibility index (Phi) is 6.44. The summed E-state index contributed by atoms with van der Waals surface area (Å²) >= 11 is 7.09. The average molecular weight is 379 g/mol. The van der Waals surface area contributed by atoms with E-state index in [-0.39, 0.29) is 28.2 Å². The van der Waals surface area contributed by atoms with Crippen LogP contribution in [0.5, 0.6) is 0 Å². The van der Waals surface area contributed by atoms with Crippen molar-refractivity contribution in [3.05, 3.63) is 53.1 Å². The molecule has 130 valence electrons. The van der Waals surface area contributed by atoms with Crippen LogP contribution in [-0.2, 0) is 9.59 Å². The van der Waals surface area contributed by atoms with E-state index >= 15 is 0 Å². The standard InChI is InChI=1S/C17H15ClN2O4S/c1-10(21)19-11-3-2-4-13(7-11)25-9-16(22)20-12-5-6-15(18)14(8-12)17(23)24/h2-8H,9H2,1H3,(H,19,21)(H,20,22)(H,23,24). The van der Waals surface area contributed by atoms with Gasteiger partial charge >= 0.3 is 5.97 Å². The van der Waals surface area contributed by atoms with E-state index in [1.807, 2.05) is 6.07 Å². The Labute approximate surface area is 153 Å². The van der Waals surface area contributed by atoms with Crippen LogP contribution < -0.4 is 10.6 Å². The number of thioether (sulfide) groups is 1. The van der Waals surface area contributed by atoms with Crippen molar-refractivity contribution in [2.24, 2.45) is 0 Å². The third-order valence-electron chi connectivity index (χ3n) is 3.00. The molecule has 0 aliphatic rings. The molecule has 8 heteroatoms. The van der Waals surface area contributed by atoms with Crippen molar-refractivity contribution >= 4 is 52.5 Å². The van der Waals surface area contributed by atoms with Crippen LogP contribution in [0.2, 0.25) is 5.02 Å². The van der Waals surface area contributed by atoms with Crippen LogP contribution in [0.4, 0.5) is 11.4 Å². The lowest BCUT2D eigenvalue weighted by atomic mass is 10.2. The van der Waals surface area contributed by atoms with Gasteiger partial charge in [-0.1, -0.05) is 17.7 Å². The van der Waals surface area contributed by atoms with Crippen LogP contribution in [0.15, 0.2) is 47.4 Å². The van der Waals surface area contributed by atoms with Crippen molar-refractivity contribution in [1.82, 2.24) is 0 Å². The van der Waals surface area contributed by atoms with Crippen LogP contribution in [0.25, 0.3) is 0 Å². The predicted molar refractivity (Wildman–Crippen MR) is 98.5 cm³/mol. The van der Waals surface area contributed by atoms with Gasteiger partial charge in [-0.25, -0.2) is 4.79 Å². The number of carbonyl (C=O) groups excluding carboxylic acids is 2. The summed E-state index contributed by atoms with van der Waals surface area (Å²) < 4.78 is 0. The molecule has 0 spiro atoms. The Morgan fingerprint density at radius 3 is 2.48 bits per heavy atom. The lowest BCUT2D eigenvalue weighted by molar-refractivity contribution is -0.114. The highest BCUT2D eigenvalue weighted by molar-refractivity contribution is 8.00. The number of hydrogen-bond donors (Lipinski definition) is 3. The summed E-state index contributed by atoms with van der Waals surface area (Å²) in [5, 5.41) is 14.4. The number of rotatable bonds is 6. The highest BCUT2D eigenvalue weighted by Gasteiger charge is 2.11. The van der Waals surface area contributed by atoms with Gasteiger partial charge < -0.3 is 15.7 Å². The first-order valence-electron chi connectivity index (χ1n) is 7.18. The van der Waals surface area contributed by atoms with E-state index < -0.39 is 5.97 Å². The Bertz CT molecular complexity index is 826. The van der Waals surface area contributed by atoms with Crippen molar-refractivity contribution in [3.63, 3.8) is 0 Å². The van der Waals surface area contributed by atoms with Gasteiger partial charge in [-0.3, -0.25) is 9.59 Å². The fraction of sp³-hybridized carbons (Fsp3) is 0.118. The van der Waals surface area contributed by atoms with E-state index in [4.69, 9.17) is 16.7 Å². The molecule has 0 aliphatic carbocycles. The van der Waals surface area contributed by atoms with Gasteiger partial charge in [0.25, 0.3) is 0 Å². The second-order valence-electron chi connectivity index (χ2n) is 5.05. The highest BCUT2D eigenvalue weighted by atomic mass is 35.5. The molecule has 0 aromatic heterocycles.